The second-order valence-electron chi connectivity index (χ2n) is 5.75. The third-order valence-electron chi connectivity index (χ3n) is 3.61. The lowest BCUT2D eigenvalue weighted by atomic mass is 10.2. The van der Waals surface area contributed by atoms with Crippen LogP contribution in [0.4, 0.5) is 5.95 Å². The molecule has 0 aliphatic heterocycles. The molecule has 148 valence electrons. The highest BCUT2D eigenvalue weighted by molar-refractivity contribution is 9.10. The van der Waals surface area contributed by atoms with Crippen molar-refractivity contribution in [2.24, 2.45) is 5.10 Å². The molecule has 0 aliphatic rings. The number of benzene rings is 2. The number of nitrogens with zero attached hydrogens (tertiary/aromatic N) is 5. The van der Waals surface area contributed by atoms with Gasteiger partial charge in [-0.05, 0) is 34.8 Å². The number of hydrogen-bond donors (Lipinski definition) is 1. The first kappa shape index (κ1) is 20.1. The van der Waals surface area contributed by atoms with Crippen LogP contribution < -0.4 is 10.2 Å². The minimum absolute atomic E-state index is 0.250. The van der Waals surface area contributed by atoms with Crippen LogP contribution in [0.5, 0.6) is 5.75 Å². The fourth-order valence-electron chi connectivity index (χ4n) is 2.26. The second-order valence-corrected chi connectivity index (χ2v) is 6.66. The van der Waals surface area contributed by atoms with Crippen LogP contribution in [-0.2, 0) is 17.9 Å². The number of aromatic nitrogens is 3. The van der Waals surface area contributed by atoms with Gasteiger partial charge in [-0.1, -0.05) is 45.2 Å². The van der Waals surface area contributed by atoms with E-state index in [4.69, 9.17) is 4.74 Å². The van der Waals surface area contributed by atoms with Crippen molar-refractivity contribution in [1.29, 1.82) is 0 Å². The van der Waals surface area contributed by atoms with Gasteiger partial charge in [0.15, 0.2) is 0 Å². The molecule has 3 rings (SSSR count). The fraction of sp³-hybridized carbons (Fsp3) is 0.111. The van der Waals surface area contributed by atoms with Gasteiger partial charge in [0.2, 0.25) is 6.33 Å². The van der Waals surface area contributed by atoms with Gasteiger partial charge in [-0.3, -0.25) is 4.79 Å². The standard InChI is InChI=1S/C18H15BrN6O4/c19-15-7-5-13(6-8-15)11-29-16-4-2-1-3-14(16)9-21-22-17(26)10-24-12-20-18(23-24)25(27)28/h1-9,12H,10-11H2,(H,22,26). The SMILES string of the molecule is O=C(Cn1cnc([N+](=O)[O-])n1)NN=Cc1ccccc1OCc1ccc(Br)cc1. The van der Waals surface area contributed by atoms with Crippen molar-refractivity contribution >= 4 is 34.0 Å². The number of carbonyl (C=O) groups excluding carboxylic acids is 1. The predicted octanol–water partition coefficient (Wildman–Crippen LogP) is 2.68. The molecule has 0 radical (unpaired) electrons. The largest absolute Gasteiger partial charge is 0.490 e. The Labute approximate surface area is 173 Å². The highest BCUT2D eigenvalue weighted by Gasteiger charge is 2.14. The fourth-order valence-corrected chi connectivity index (χ4v) is 2.53. The highest BCUT2D eigenvalue weighted by atomic mass is 79.9. The topological polar surface area (TPSA) is 125 Å². The van der Waals surface area contributed by atoms with E-state index in [9.17, 15) is 14.9 Å². The molecule has 2 aromatic carbocycles. The molecule has 0 unspecified atom stereocenters. The van der Waals surface area contributed by atoms with Gasteiger partial charge >= 0.3 is 5.95 Å². The summed E-state index contributed by atoms with van der Waals surface area (Å²) in [5.41, 5.74) is 4.03. The van der Waals surface area contributed by atoms with Gasteiger partial charge < -0.3 is 14.9 Å². The normalized spacial score (nSPS) is 10.8. The van der Waals surface area contributed by atoms with E-state index in [1.807, 2.05) is 36.4 Å². The van der Waals surface area contributed by atoms with Crippen molar-refractivity contribution in [3.05, 3.63) is 80.6 Å². The Bertz CT molecular complexity index is 1030. The maximum atomic E-state index is 11.9. The number of ether oxygens (including phenoxy) is 1. The maximum Gasteiger partial charge on any atom is 0.490 e. The molecule has 0 bridgehead atoms. The number of hydrogen-bond acceptors (Lipinski definition) is 7. The number of amides is 1. The molecule has 0 saturated carbocycles. The van der Waals surface area contributed by atoms with E-state index in [1.165, 1.54) is 6.21 Å². The number of nitro groups is 1. The molecule has 0 atom stereocenters. The van der Waals surface area contributed by atoms with Crippen molar-refractivity contribution in [2.45, 2.75) is 13.2 Å². The number of para-hydroxylation sites is 1. The smallest absolute Gasteiger partial charge is 0.488 e. The molecule has 1 aromatic heterocycles. The Morgan fingerprint density at radius 1 is 1.28 bits per heavy atom. The van der Waals surface area contributed by atoms with Crippen molar-refractivity contribution < 1.29 is 14.5 Å². The molecule has 1 heterocycles. The molecule has 0 saturated heterocycles. The van der Waals surface area contributed by atoms with Crippen molar-refractivity contribution in [1.82, 2.24) is 20.2 Å². The molecule has 29 heavy (non-hydrogen) atoms. The Morgan fingerprint density at radius 2 is 2.03 bits per heavy atom. The first-order valence-corrected chi connectivity index (χ1v) is 9.12. The summed E-state index contributed by atoms with van der Waals surface area (Å²) < 4.78 is 7.88. The van der Waals surface area contributed by atoms with Crippen LogP contribution >= 0.6 is 15.9 Å². The van der Waals surface area contributed by atoms with Crippen LogP contribution in [0.3, 0.4) is 0 Å². The summed E-state index contributed by atoms with van der Waals surface area (Å²) in [6.45, 7) is 0.134. The maximum absolute atomic E-state index is 11.9. The Morgan fingerprint density at radius 3 is 2.76 bits per heavy atom. The third kappa shape index (κ3) is 5.94. The van der Waals surface area contributed by atoms with Gasteiger partial charge in [0, 0.05) is 15.1 Å². The monoisotopic (exact) mass is 458 g/mol. The van der Waals surface area contributed by atoms with Crippen LogP contribution in [0.15, 0.2) is 64.4 Å². The summed E-state index contributed by atoms with van der Waals surface area (Å²) in [7, 11) is 0. The van der Waals surface area contributed by atoms with Gasteiger partial charge in [0.25, 0.3) is 5.91 Å². The van der Waals surface area contributed by atoms with Gasteiger partial charge in [0.1, 0.15) is 18.9 Å². The average Bonchev–Trinajstić information content (AvgIpc) is 3.17. The van der Waals surface area contributed by atoms with Crippen LogP contribution in [-0.4, -0.2) is 31.8 Å². The molecule has 0 fully saturated rings. The average molecular weight is 459 g/mol. The number of rotatable bonds is 8. The summed E-state index contributed by atoms with van der Waals surface area (Å²) in [4.78, 5) is 25.2. The molecule has 0 aliphatic carbocycles. The summed E-state index contributed by atoms with van der Waals surface area (Å²) in [5.74, 6) is -0.465. The number of carbonyl (C=O) groups is 1. The lowest BCUT2D eigenvalue weighted by Gasteiger charge is -2.09. The lowest BCUT2D eigenvalue weighted by Crippen LogP contribution is -2.23. The zero-order valence-corrected chi connectivity index (χ0v) is 16.5. The molecular weight excluding hydrogens is 444 g/mol. The zero-order chi connectivity index (χ0) is 20.6. The Hall–Kier alpha value is -3.60. The van der Waals surface area contributed by atoms with Crippen molar-refractivity contribution in [3.8, 4) is 5.75 Å². The van der Waals surface area contributed by atoms with Crippen LogP contribution in [0.2, 0.25) is 0 Å². The lowest BCUT2D eigenvalue weighted by molar-refractivity contribution is -0.394. The van der Waals surface area contributed by atoms with Crippen molar-refractivity contribution in [2.75, 3.05) is 0 Å². The van der Waals surface area contributed by atoms with Crippen LogP contribution in [0.25, 0.3) is 0 Å². The summed E-state index contributed by atoms with van der Waals surface area (Å²) in [6.07, 6.45) is 2.56. The second kappa shape index (κ2) is 9.55. The Balaban J connectivity index is 1.56. The van der Waals surface area contributed by atoms with E-state index in [0.29, 0.717) is 17.9 Å². The molecule has 3 aromatic rings. The molecule has 0 spiro atoms. The number of halogens is 1. The van der Waals surface area contributed by atoms with Gasteiger partial charge in [-0.15, -0.1) is 0 Å². The molecule has 1 N–H and O–H groups in total. The number of hydrazone groups is 1. The number of nitrogens with one attached hydrogen (secondary N) is 1. The summed E-state index contributed by atoms with van der Waals surface area (Å²) in [6, 6.07) is 15.0. The third-order valence-corrected chi connectivity index (χ3v) is 4.14. The summed E-state index contributed by atoms with van der Waals surface area (Å²) >= 11 is 3.39. The van der Waals surface area contributed by atoms with Gasteiger partial charge in [0.05, 0.1) is 6.21 Å². The van der Waals surface area contributed by atoms with Gasteiger partial charge in [-0.25, -0.2) is 5.43 Å². The van der Waals surface area contributed by atoms with Gasteiger partial charge in [-0.2, -0.15) is 9.78 Å². The predicted molar refractivity (Wildman–Crippen MR) is 107 cm³/mol. The first-order chi connectivity index (χ1) is 14.0. The van der Waals surface area contributed by atoms with E-state index in [-0.39, 0.29) is 6.54 Å². The van der Waals surface area contributed by atoms with E-state index >= 15 is 0 Å². The minimum Gasteiger partial charge on any atom is -0.488 e. The molecule has 1 amide bonds. The van der Waals surface area contributed by atoms with E-state index in [0.717, 1.165) is 21.0 Å². The molecule has 11 heteroatoms. The summed E-state index contributed by atoms with van der Waals surface area (Å²) in [5, 5.41) is 18.0. The van der Waals surface area contributed by atoms with E-state index < -0.39 is 16.8 Å². The van der Waals surface area contributed by atoms with E-state index in [2.05, 4.69) is 36.5 Å². The van der Waals surface area contributed by atoms with E-state index in [1.54, 1.807) is 12.1 Å². The minimum atomic E-state index is -0.738. The van der Waals surface area contributed by atoms with Crippen molar-refractivity contribution in [3.63, 3.8) is 0 Å². The van der Waals surface area contributed by atoms with Crippen LogP contribution in [0, 0.1) is 10.1 Å². The molecular formula is C18H15BrN6O4. The zero-order valence-electron chi connectivity index (χ0n) is 14.9. The first-order valence-electron chi connectivity index (χ1n) is 8.33. The van der Waals surface area contributed by atoms with Crippen LogP contribution in [0.1, 0.15) is 11.1 Å². The molecule has 10 nitrogen and oxygen atoms in total. The quantitative estimate of drug-likeness (QED) is 0.314. The highest BCUT2D eigenvalue weighted by Crippen LogP contribution is 2.18. The Kier molecular flexibility index (Phi) is 6.63.